The Kier molecular flexibility index (Phi) is 5.05. The first-order valence-electron chi connectivity index (χ1n) is 9.16. The number of nitrogens with zero attached hydrogens (tertiary/aromatic N) is 5. The highest BCUT2D eigenvalue weighted by molar-refractivity contribution is 6.30. The number of aromatic nitrogens is 4. The SMILES string of the molecule is CCCc1nc2ncnn2c(Cl)c1Cc1ccc(-c2ccccc2C#N)cc1. The second-order valence-electron chi connectivity index (χ2n) is 6.58. The van der Waals surface area contributed by atoms with Gasteiger partial charge in [-0.2, -0.15) is 19.9 Å². The van der Waals surface area contributed by atoms with E-state index in [9.17, 15) is 5.26 Å². The molecular formula is C22H18ClN5. The summed E-state index contributed by atoms with van der Waals surface area (Å²) in [6.45, 7) is 2.12. The molecule has 0 saturated heterocycles. The molecule has 6 heteroatoms. The van der Waals surface area contributed by atoms with Crippen LogP contribution in [0.4, 0.5) is 0 Å². The van der Waals surface area contributed by atoms with E-state index < -0.39 is 0 Å². The Balaban J connectivity index is 1.69. The fourth-order valence-electron chi connectivity index (χ4n) is 3.34. The van der Waals surface area contributed by atoms with Crippen molar-refractivity contribution < 1.29 is 0 Å². The molecule has 4 rings (SSSR count). The van der Waals surface area contributed by atoms with E-state index in [2.05, 4.69) is 40.2 Å². The monoisotopic (exact) mass is 387 g/mol. The second kappa shape index (κ2) is 7.79. The van der Waals surface area contributed by atoms with Crippen molar-refractivity contribution in [1.82, 2.24) is 19.6 Å². The lowest BCUT2D eigenvalue weighted by Crippen LogP contribution is -2.06. The predicted molar refractivity (Wildman–Crippen MR) is 109 cm³/mol. The zero-order valence-electron chi connectivity index (χ0n) is 15.4. The minimum absolute atomic E-state index is 0.528. The normalized spacial score (nSPS) is 10.9. The average Bonchev–Trinajstić information content (AvgIpc) is 3.20. The standard InChI is InChI=1S/C22H18ClN5/c1-2-5-20-19(21(23)28-22(27-20)25-14-26-28)12-15-8-10-16(11-9-15)18-7-4-3-6-17(18)13-24/h3-4,6-11,14H,2,5,12H2,1H3. The van der Waals surface area contributed by atoms with Crippen molar-refractivity contribution in [2.45, 2.75) is 26.2 Å². The molecular weight excluding hydrogens is 370 g/mol. The molecule has 138 valence electrons. The molecule has 5 nitrogen and oxygen atoms in total. The van der Waals surface area contributed by atoms with Gasteiger partial charge in [0.05, 0.1) is 17.3 Å². The third-order valence-corrected chi connectivity index (χ3v) is 5.12. The number of hydrogen-bond donors (Lipinski definition) is 0. The molecule has 0 N–H and O–H groups in total. The van der Waals surface area contributed by atoms with Crippen LogP contribution in [0, 0.1) is 11.3 Å². The third-order valence-electron chi connectivity index (χ3n) is 4.73. The van der Waals surface area contributed by atoms with E-state index in [0.29, 0.717) is 22.9 Å². The first-order valence-corrected chi connectivity index (χ1v) is 9.54. The van der Waals surface area contributed by atoms with Crippen LogP contribution in [-0.2, 0) is 12.8 Å². The number of nitriles is 1. The van der Waals surface area contributed by atoms with Gasteiger partial charge in [-0.25, -0.2) is 4.98 Å². The Labute approximate surface area is 168 Å². The molecule has 0 spiro atoms. The largest absolute Gasteiger partial charge is 0.253 e. The second-order valence-corrected chi connectivity index (χ2v) is 6.94. The van der Waals surface area contributed by atoms with Crippen LogP contribution in [-0.4, -0.2) is 19.6 Å². The highest BCUT2D eigenvalue weighted by atomic mass is 35.5. The summed E-state index contributed by atoms with van der Waals surface area (Å²) < 4.78 is 1.58. The van der Waals surface area contributed by atoms with Crippen molar-refractivity contribution in [1.29, 1.82) is 5.26 Å². The van der Waals surface area contributed by atoms with Gasteiger partial charge in [0.1, 0.15) is 11.5 Å². The summed E-state index contributed by atoms with van der Waals surface area (Å²) in [4.78, 5) is 8.80. The molecule has 2 aromatic heterocycles. The van der Waals surface area contributed by atoms with Crippen LogP contribution in [0.3, 0.4) is 0 Å². The van der Waals surface area contributed by atoms with Crippen LogP contribution in [0.15, 0.2) is 54.9 Å². The van der Waals surface area contributed by atoms with Gasteiger partial charge in [0.25, 0.3) is 5.78 Å². The average molecular weight is 388 g/mol. The van der Waals surface area contributed by atoms with E-state index in [0.717, 1.165) is 40.8 Å². The number of benzene rings is 2. The molecule has 0 atom stereocenters. The highest BCUT2D eigenvalue weighted by Crippen LogP contribution is 2.27. The van der Waals surface area contributed by atoms with Crippen LogP contribution < -0.4 is 0 Å². The van der Waals surface area contributed by atoms with Crippen molar-refractivity contribution in [2.75, 3.05) is 0 Å². The Morgan fingerprint density at radius 2 is 1.89 bits per heavy atom. The molecule has 0 aliphatic rings. The van der Waals surface area contributed by atoms with E-state index >= 15 is 0 Å². The maximum Gasteiger partial charge on any atom is 0.253 e. The minimum Gasteiger partial charge on any atom is -0.216 e. The molecule has 4 aromatic rings. The minimum atomic E-state index is 0.528. The van der Waals surface area contributed by atoms with Gasteiger partial charge in [-0.05, 0) is 29.2 Å². The first-order chi connectivity index (χ1) is 13.7. The lowest BCUT2D eigenvalue weighted by Gasteiger charge is -2.12. The van der Waals surface area contributed by atoms with Gasteiger partial charge < -0.3 is 0 Å². The molecule has 28 heavy (non-hydrogen) atoms. The summed E-state index contributed by atoms with van der Waals surface area (Å²) in [5.41, 5.74) is 5.69. The Morgan fingerprint density at radius 1 is 1.11 bits per heavy atom. The molecule has 0 bridgehead atoms. The van der Waals surface area contributed by atoms with E-state index in [1.807, 2.05) is 36.4 Å². The molecule has 0 saturated carbocycles. The van der Waals surface area contributed by atoms with Gasteiger partial charge in [0.2, 0.25) is 0 Å². The van der Waals surface area contributed by atoms with Crippen LogP contribution in [0.1, 0.15) is 35.7 Å². The molecule has 0 aliphatic heterocycles. The van der Waals surface area contributed by atoms with E-state index in [1.54, 1.807) is 4.52 Å². The van der Waals surface area contributed by atoms with Crippen LogP contribution in [0.2, 0.25) is 5.15 Å². The molecule has 0 radical (unpaired) electrons. The van der Waals surface area contributed by atoms with E-state index in [-0.39, 0.29) is 0 Å². The fourth-order valence-corrected chi connectivity index (χ4v) is 3.64. The number of aryl methyl sites for hydroxylation is 1. The van der Waals surface area contributed by atoms with Gasteiger partial charge in [-0.3, -0.25) is 0 Å². The maximum absolute atomic E-state index is 9.32. The maximum atomic E-state index is 9.32. The molecule has 0 aliphatic carbocycles. The lowest BCUT2D eigenvalue weighted by atomic mass is 9.97. The summed E-state index contributed by atoms with van der Waals surface area (Å²) in [5, 5.41) is 14.1. The van der Waals surface area contributed by atoms with Crippen molar-refractivity contribution in [3.05, 3.63) is 82.4 Å². The Morgan fingerprint density at radius 3 is 2.64 bits per heavy atom. The van der Waals surface area contributed by atoms with Gasteiger partial charge in [-0.15, -0.1) is 0 Å². The van der Waals surface area contributed by atoms with E-state index in [4.69, 9.17) is 11.6 Å². The summed E-state index contributed by atoms with van der Waals surface area (Å²) in [5.74, 6) is 0.528. The third kappa shape index (κ3) is 3.35. The first kappa shape index (κ1) is 18.1. The number of fused-ring (bicyclic) bond motifs is 1. The van der Waals surface area contributed by atoms with Crippen LogP contribution in [0.5, 0.6) is 0 Å². The Hall–Kier alpha value is -3.23. The molecule has 0 unspecified atom stereocenters. The van der Waals surface area contributed by atoms with Crippen molar-refractivity contribution >= 4 is 17.4 Å². The summed E-state index contributed by atoms with van der Waals surface area (Å²) in [6, 6.07) is 18.1. The van der Waals surface area contributed by atoms with E-state index in [1.165, 1.54) is 6.33 Å². The highest BCUT2D eigenvalue weighted by Gasteiger charge is 2.15. The quantitative estimate of drug-likeness (QED) is 0.458. The number of hydrogen-bond acceptors (Lipinski definition) is 4. The topological polar surface area (TPSA) is 66.9 Å². The summed E-state index contributed by atoms with van der Waals surface area (Å²) >= 11 is 6.62. The Bertz CT molecular complexity index is 1170. The number of halogens is 1. The smallest absolute Gasteiger partial charge is 0.216 e. The molecule has 0 fully saturated rings. The van der Waals surface area contributed by atoms with Gasteiger partial charge in [0.15, 0.2) is 0 Å². The van der Waals surface area contributed by atoms with Gasteiger partial charge >= 0.3 is 0 Å². The summed E-state index contributed by atoms with van der Waals surface area (Å²) in [6.07, 6.45) is 3.95. The van der Waals surface area contributed by atoms with Crippen molar-refractivity contribution in [2.24, 2.45) is 0 Å². The van der Waals surface area contributed by atoms with Gasteiger partial charge in [-0.1, -0.05) is 67.4 Å². The van der Waals surface area contributed by atoms with Crippen molar-refractivity contribution in [3.8, 4) is 17.2 Å². The fraction of sp³-hybridized carbons (Fsp3) is 0.182. The summed E-state index contributed by atoms with van der Waals surface area (Å²) in [7, 11) is 0. The lowest BCUT2D eigenvalue weighted by molar-refractivity contribution is 0.830. The predicted octanol–water partition coefficient (Wildman–Crippen LogP) is 4.86. The number of rotatable bonds is 5. The van der Waals surface area contributed by atoms with Crippen LogP contribution >= 0.6 is 11.6 Å². The van der Waals surface area contributed by atoms with Crippen molar-refractivity contribution in [3.63, 3.8) is 0 Å². The zero-order chi connectivity index (χ0) is 19.5. The zero-order valence-corrected chi connectivity index (χ0v) is 16.2. The molecule has 2 aromatic carbocycles. The van der Waals surface area contributed by atoms with Gasteiger partial charge in [0, 0.05) is 12.0 Å². The molecule has 2 heterocycles. The van der Waals surface area contributed by atoms with Crippen LogP contribution in [0.25, 0.3) is 16.9 Å². The molecule has 0 amide bonds.